The lowest BCUT2D eigenvalue weighted by Crippen LogP contribution is -2.58. The van der Waals surface area contributed by atoms with Gasteiger partial charge in [0.2, 0.25) is 0 Å². The number of imide groups is 2. The predicted molar refractivity (Wildman–Crippen MR) is 131 cm³/mol. The van der Waals surface area contributed by atoms with Crippen LogP contribution in [-0.4, -0.2) is 41.4 Å². The summed E-state index contributed by atoms with van der Waals surface area (Å²) >= 11 is 0. The molecule has 3 atom stereocenters. The van der Waals surface area contributed by atoms with E-state index >= 15 is 0 Å². The van der Waals surface area contributed by atoms with Crippen LogP contribution in [0.15, 0.2) is 48.0 Å². The van der Waals surface area contributed by atoms with E-state index in [0.717, 1.165) is 31.2 Å². The molecule has 2 aromatic carbocycles. The minimum atomic E-state index is -0.725. The van der Waals surface area contributed by atoms with Crippen LogP contribution in [0.3, 0.4) is 0 Å². The molecule has 8 nitrogen and oxygen atoms in total. The number of barbiturate groups is 1. The van der Waals surface area contributed by atoms with Crippen LogP contribution in [0.1, 0.15) is 54.1 Å². The van der Waals surface area contributed by atoms with Crippen molar-refractivity contribution in [1.29, 1.82) is 0 Å². The summed E-state index contributed by atoms with van der Waals surface area (Å²) in [6, 6.07) is 11.1. The molecular weight excluding hydrogens is 460 g/mol. The monoisotopic (exact) mass is 488 g/mol. The molecule has 1 aliphatic heterocycles. The minimum Gasteiger partial charge on any atom is -0.490 e. The molecule has 3 fully saturated rings. The molecule has 2 bridgehead atoms. The summed E-state index contributed by atoms with van der Waals surface area (Å²) in [5.74, 6) is -0.457. The van der Waals surface area contributed by atoms with Crippen LogP contribution in [-0.2, 0) is 9.59 Å². The first kappa shape index (κ1) is 23.8. The third-order valence-corrected chi connectivity index (χ3v) is 7.20. The van der Waals surface area contributed by atoms with Crippen molar-refractivity contribution >= 4 is 29.9 Å². The molecule has 0 spiro atoms. The summed E-state index contributed by atoms with van der Waals surface area (Å²) in [5, 5.41) is 2.32. The summed E-state index contributed by atoms with van der Waals surface area (Å²) in [7, 11) is 0. The van der Waals surface area contributed by atoms with Gasteiger partial charge >= 0.3 is 12.0 Å². The number of nitrogens with zero attached hydrogens (tertiary/aromatic N) is 1. The van der Waals surface area contributed by atoms with E-state index < -0.39 is 23.8 Å². The Bertz CT molecular complexity index is 1280. The highest BCUT2D eigenvalue weighted by Crippen LogP contribution is 2.47. The molecular formula is C28H28N2O6. The normalized spacial score (nSPS) is 24.3. The van der Waals surface area contributed by atoms with Gasteiger partial charge in [-0.2, -0.15) is 0 Å². The number of aryl methyl sites for hydroxylation is 1. The van der Waals surface area contributed by atoms with Gasteiger partial charge in [0.15, 0.2) is 11.5 Å². The highest BCUT2D eigenvalue weighted by Gasteiger charge is 2.49. The predicted octanol–water partition coefficient (Wildman–Crippen LogP) is 4.26. The summed E-state index contributed by atoms with van der Waals surface area (Å²) < 4.78 is 11.2. The maximum Gasteiger partial charge on any atom is 0.343 e. The number of carbonyl (C=O) groups excluding carboxylic acids is 4. The van der Waals surface area contributed by atoms with Gasteiger partial charge in [0.25, 0.3) is 11.8 Å². The molecule has 1 N–H and O–H groups in total. The van der Waals surface area contributed by atoms with Crippen LogP contribution in [0, 0.1) is 18.8 Å². The van der Waals surface area contributed by atoms with Crippen LogP contribution < -0.4 is 14.8 Å². The van der Waals surface area contributed by atoms with E-state index in [1.807, 2.05) is 13.0 Å². The lowest BCUT2D eigenvalue weighted by molar-refractivity contribution is -0.132. The number of ether oxygens (including phenoxy) is 2. The van der Waals surface area contributed by atoms with Gasteiger partial charge in [0, 0.05) is 6.04 Å². The number of rotatable bonds is 6. The molecule has 2 saturated carbocycles. The van der Waals surface area contributed by atoms with Crippen molar-refractivity contribution in [3.8, 4) is 11.5 Å². The molecule has 4 amide bonds. The lowest BCUT2D eigenvalue weighted by atomic mass is 9.93. The Morgan fingerprint density at radius 1 is 1.08 bits per heavy atom. The average molecular weight is 489 g/mol. The van der Waals surface area contributed by atoms with Gasteiger partial charge in [0.1, 0.15) is 5.57 Å². The number of hydrogen-bond donors (Lipinski definition) is 1. The first-order valence-electron chi connectivity index (χ1n) is 12.3. The fourth-order valence-electron chi connectivity index (χ4n) is 5.56. The zero-order valence-electron chi connectivity index (χ0n) is 20.3. The smallest absolute Gasteiger partial charge is 0.343 e. The minimum absolute atomic E-state index is 0.107. The Morgan fingerprint density at radius 3 is 2.61 bits per heavy atom. The van der Waals surface area contributed by atoms with Crippen LogP contribution in [0.5, 0.6) is 11.5 Å². The molecule has 36 heavy (non-hydrogen) atoms. The van der Waals surface area contributed by atoms with Gasteiger partial charge in [-0.1, -0.05) is 30.2 Å². The molecule has 186 valence electrons. The van der Waals surface area contributed by atoms with Crippen molar-refractivity contribution in [3.63, 3.8) is 0 Å². The Hall–Kier alpha value is -3.94. The van der Waals surface area contributed by atoms with Crippen molar-refractivity contribution in [2.24, 2.45) is 11.8 Å². The average Bonchev–Trinajstić information content (AvgIpc) is 3.47. The van der Waals surface area contributed by atoms with E-state index in [1.54, 1.807) is 43.3 Å². The van der Waals surface area contributed by atoms with Crippen LogP contribution in [0.4, 0.5) is 4.79 Å². The van der Waals surface area contributed by atoms with E-state index in [1.165, 1.54) is 11.0 Å². The maximum atomic E-state index is 13.3. The number of fused-ring (bicyclic) bond motifs is 2. The third-order valence-electron chi connectivity index (χ3n) is 7.20. The van der Waals surface area contributed by atoms with Gasteiger partial charge in [-0.05, 0) is 80.9 Å². The van der Waals surface area contributed by atoms with Gasteiger partial charge in [-0.3, -0.25) is 19.8 Å². The van der Waals surface area contributed by atoms with Gasteiger partial charge < -0.3 is 9.47 Å². The quantitative estimate of drug-likeness (QED) is 0.282. The molecule has 5 rings (SSSR count). The number of benzene rings is 2. The summed E-state index contributed by atoms with van der Waals surface area (Å²) in [4.78, 5) is 52.3. The highest BCUT2D eigenvalue weighted by molar-refractivity contribution is 6.31. The van der Waals surface area contributed by atoms with E-state index in [-0.39, 0.29) is 17.4 Å². The van der Waals surface area contributed by atoms with Crippen molar-refractivity contribution in [3.05, 3.63) is 64.7 Å². The number of nitrogens with one attached hydrogen (secondary N) is 1. The molecule has 1 saturated heterocycles. The van der Waals surface area contributed by atoms with E-state index in [0.29, 0.717) is 35.3 Å². The molecule has 8 heteroatoms. The fraction of sp³-hybridized carbons (Fsp3) is 0.357. The van der Waals surface area contributed by atoms with Gasteiger partial charge in [-0.15, -0.1) is 0 Å². The van der Waals surface area contributed by atoms with E-state index in [2.05, 4.69) is 5.32 Å². The first-order chi connectivity index (χ1) is 17.3. The molecule has 0 aromatic heterocycles. The molecule has 3 aliphatic rings. The number of urea groups is 1. The van der Waals surface area contributed by atoms with Gasteiger partial charge in [-0.25, -0.2) is 9.59 Å². The fourth-order valence-corrected chi connectivity index (χ4v) is 5.56. The van der Waals surface area contributed by atoms with Crippen molar-refractivity contribution in [2.75, 3.05) is 6.61 Å². The topological polar surface area (TPSA) is 102 Å². The number of amides is 4. The Labute approximate surface area is 209 Å². The first-order valence-corrected chi connectivity index (χ1v) is 12.3. The maximum absolute atomic E-state index is 13.3. The zero-order chi connectivity index (χ0) is 25.4. The number of carbonyl (C=O) groups is 4. The van der Waals surface area contributed by atoms with Crippen LogP contribution in [0.25, 0.3) is 6.08 Å². The van der Waals surface area contributed by atoms with E-state index in [9.17, 15) is 19.2 Å². The second-order valence-corrected chi connectivity index (χ2v) is 9.63. The standard InChI is InChI=1S/C28H28N2O6/c1-3-35-24-15-18(8-10-23(24)36-27(33)20-6-4-5-16(2)11-20)13-21-25(31)29-28(34)30(26(21)32)22-14-17-7-9-19(22)12-17/h4-6,8,10-11,13,15,17,19,22H,3,7,9,12,14H2,1-2H3,(H,29,31,34)/b21-13+/t17-,19-,22+/m0/s1. The number of esters is 1. The Balaban J connectivity index is 1.40. The van der Waals surface area contributed by atoms with E-state index in [4.69, 9.17) is 9.47 Å². The van der Waals surface area contributed by atoms with Crippen molar-refractivity contribution in [1.82, 2.24) is 10.2 Å². The number of hydrogen-bond acceptors (Lipinski definition) is 6. The van der Waals surface area contributed by atoms with Crippen molar-refractivity contribution in [2.45, 2.75) is 45.6 Å². The second kappa shape index (κ2) is 9.60. The second-order valence-electron chi connectivity index (χ2n) is 9.63. The summed E-state index contributed by atoms with van der Waals surface area (Å²) in [6.07, 6.45) is 5.39. The lowest BCUT2D eigenvalue weighted by Gasteiger charge is -2.35. The largest absolute Gasteiger partial charge is 0.490 e. The zero-order valence-corrected chi connectivity index (χ0v) is 20.3. The third kappa shape index (κ3) is 4.51. The summed E-state index contributed by atoms with van der Waals surface area (Å²) in [5.41, 5.74) is 1.75. The summed E-state index contributed by atoms with van der Waals surface area (Å²) in [6.45, 7) is 4.01. The van der Waals surface area contributed by atoms with Gasteiger partial charge in [0.05, 0.1) is 12.2 Å². The SMILES string of the molecule is CCOc1cc(/C=C2\C(=O)NC(=O)N([C@@H]3C[C@H]4CC[C@H]3C4)C2=O)ccc1OC(=O)c1cccc(C)c1. The molecule has 0 unspecified atom stereocenters. The molecule has 1 heterocycles. The van der Waals surface area contributed by atoms with Crippen LogP contribution >= 0.6 is 0 Å². The van der Waals surface area contributed by atoms with Crippen molar-refractivity contribution < 1.29 is 28.7 Å². The molecule has 2 aliphatic carbocycles. The van der Waals surface area contributed by atoms with Crippen LogP contribution in [0.2, 0.25) is 0 Å². The molecule has 0 radical (unpaired) electrons. The highest BCUT2D eigenvalue weighted by atomic mass is 16.6. The Morgan fingerprint density at radius 2 is 1.92 bits per heavy atom. The Kier molecular flexibility index (Phi) is 6.35. The molecule has 2 aromatic rings.